The van der Waals surface area contributed by atoms with Crippen molar-refractivity contribution in [3.8, 4) is 0 Å². The molecule has 0 radical (unpaired) electrons. The number of aliphatic imine (C=N–C) groups is 1. The summed E-state index contributed by atoms with van der Waals surface area (Å²) in [6, 6.07) is 16.9. The van der Waals surface area contributed by atoms with Crippen molar-refractivity contribution in [1.82, 2.24) is 19.6 Å². The van der Waals surface area contributed by atoms with Crippen molar-refractivity contribution in [2.24, 2.45) is 10.9 Å². The van der Waals surface area contributed by atoms with Gasteiger partial charge in [0.1, 0.15) is 5.65 Å². The molecule has 3 heterocycles. The molecule has 1 aliphatic rings. The number of guanidine groups is 1. The first kappa shape index (κ1) is 20.6. The second-order valence-electron chi connectivity index (χ2n) is 7.21. The summed E-state index contributed by atoms with van der Waals surface area (Å²) < 4.78 is 2.07. The molecule has 1 aromatic carbocycles. The van der Waals surface area contributed by atoms with E-state index in [2.05, 4.69) is 61.1 Å². The first-order valence-electron chi connectivity index (χ1n) is 9.74. The van der Waals surface area contributed by atoms with Crippen molar-refractivity contribution in [1.29, 1.82) is 0 Å². The van der Waals surface area contributed by atoms with E-state index in [1.807, 2.05) is 31.4 Å². The van der Waals surface area contributed by atoms with Gasteiger partial charge in [-0.1, -0.05) is 36.4 Å². The van der Waals surface area contributed by atoms with Crippen LogP contribution in [0.1, 0.15) is 17.7 Å². The molecule has 0 aliphatic carbocycles. The Kier molecular flexibility index (Phi) is 7.30. The summed E-state index contributed by atoms with van der Waals surface area (Å²) in [6.45, 7) is 2.99. The highest BCUT2D eigenvalue weighted by Crippen LogP contribution is 2.20. The first-order valence-corrected chi connectivity index (χ1v) is 9.74. The van der Waals surface area contributed by atoms with Crippen LogP contribution in [-0.2, 0) is 12.8 Å². The van der Waals surface area contributed by atoms with Gasteiger partial charge in [0.2, 0.25) is 0 Å². The van der Waals surface area contributed by atoms with Crippen LogP contribution in [0.2, 0.25) is 0 Å². The van der Waals surface area contributed by atoms with E-state index in [0.717, 1.165) is 49.8 Å². The van der Waals surface area contributed by atoms with Gasteiger partial charge in [-0.05, 0) is 36.5 Å². The molecule has 0 bridgehead atoms. The van der Waals surface area contributed by atoms with Crippen LogP contribution in [0.3, 0.4) is 0 Å². The molecule has 4 rings (SSSR count). The van der Waals surface area contributed by atoms with Crippen molar-refractivity contribution in [2.75, 3.05) is 26.7 Å². The highest BCUT2D eigenvalue weighted by atomic mass is 127. The normalized spacial score (nSPS) is 17.0. The number of hydrogen-bond acceptors (Lipinski definition) is 2. The van der Waals surface area contributed by atoms with E-state index in [1.165, 1.54) is 12.0 Å². The number of aromatic nitrogens is 2. The van der Waals surface area contributed by atoms with Gasteiger partial charge in [0, 0.05) is 45.5 Å². The fraction of sp³-hybridized carbons (Fsp3) is 0.364. The van der Waals surface area contributed by atoms with Crippen LogP contribution in [0.4, 0.5) is 0 Å². The molecule has 1 fully saturated rings. The number of fused-ring (bicyclic) bond motifs is 1. The summed E-state index contributed by atoms with van der Waals surface area (Å²) in [5.41, 5.74) is 3.53. The number of rotatable bonds is 5. The molecule has 148 valence electrons. The minimum absolute atomic E-state index is 0. The molecule has 0 amide bonds. The predicted molar refractivity (Wildman–Crippen MR) is 125 cm³/mol. The minimum atomic E-state index is 0. The Balaban J connectivity index is 0.00000225. The summed E-state index contributed by atoms with van der Waals surface area (Å²) in [7, 11) is 1.87. The van der Waals surface area contributed by atoms with Crippen molar-refractivity contribution >= 4 is 35.6 Å². The van der Waals surface area contributed by atoms with Gasteiger partial charge >= 0.3 is 0 Å². The largest absolute Gasteiger partial charge is 0.356 e. The lowest BCUT2D eigenvalue weighted by atomic mass is 9.99. The van der Waals surface area contributed by atoms with E-state index in [1.54, 1.807) is 0 Å². The average molecular weight is 489 g/mol. The van der Waals surface area contributed by atoms with Gasteiger partial charge in [0.15, 0.2) is 5.96 Å². The van der Waals surface area contributed by atoms with Crippen LogP contribution < -0.4 is 5.32 Å². The Bertz CT molecular complexity index is 872. The summed E-state index contributed by atoms with van der Waals surface area (Å²) in [4.78, 5) is 11.5. The number of hydrogen-bond donors (Lipinski definition) is 1. The third kappa shape index (κ3) is 5.04. The van der Waals surface area contributed by atoms with Crippen molar-refractivity contribution < 1.29 is 0 Å². The fourth-order valence-corrected chi connectivity index (χ4v) is 3.88. The maximum atomic E-state index is 4.66. The van der Waals surface area contributed by atoms with E-state index in [-0.39, 0.29) is 24.0 Å². The predicted octanol–water partition coefficient (Wildman–Crippen LogP) is 3.63. The molecule has 3 aromatic rings. The number of imidazole rings is 1. The third-order valence-corrected chi connectivity index (χ3v) is 5.24. The Morgan fingerprint density at radius 2 is 2.00 bits per heavy atom. The van der Waals surface area contributed by atoms with E-state index >= 15 is 0 Å². The van der Waals surface area contributed by atoms with Crippen LogP contribution in [-0.4, -0.2) is 46.9 Å². The molecular weight excluding hydrogens is 461 g/mol. The topological polar surface area (TPSA) is 44.9 Å². The van der Waals surface area contributed by atoms with E-state index in [4.69, 9.17) is 0 Å². The molecule has 1 saturated heterocycles. The third-order valence-electron chi connectivity index (χ3n) is 5.24. The summed E-state index contributed by atoms with van der Waals surface area (Å²) in [6.07, 6.45) is 7.40. The van der Waals surface area contributed by atoms with E-state index < -0.39 is 0 Å². The maximum Gasteiger partial charge on any atom is 0.193 e. The molecule has 2 aromatic heterocycles. The molecule has 0 spiro atoms. The number of halogens is 1. The number of nitrogens with zero attached hydrogens (tertiary/aromatic N) is 4. The lowest BCUT2D eigenvalue weighted by Gasteiger charge is -2.21. The smallest absolute Gasteiger partial charge is 0.193 e. The van der Waals surface area contributed by atoms with Crippen molar-refractivity contribution in [3.05, 3.63) is 72.2 Å². The van der Waals surface area contributed by atoms with Gasteiger partial charge in [-0.15, -0.1) is 24.0 Å². The summed E-state index contributed by atoms with van der Waals surface area (Å²) in [5.74, 6) is 1.71. The van der Waals surface area contributed by atoms with Crippen molar-refractivity contribution in [2.45, 2.75) is 19.3 Å². The zero-order valence-electron chi connectivity index (χ0n) is 16.3. The number of benzene rings is 1. The van der Waals surface area contributed by atoms with Crippen molar-refractivity contribution in [3.63, 3.8) is 0 Å². The van der Waals surface area contributed by atoms with Gasteiger partial charge in [0.25, 0.3) is 0 Å². The molecule has 0 saturated carbocycles. The molecule has 5 nitrogen and oxygen atoms in total. The number of likely N-dealkylation sites (tertiary alicyclic amines) is 1. The van der Waals surface area contributed by atoms with Crippen LogP contribution in [0.15, 0.2) is 65.9 Å². The van der Waals surface area contributed by atoms with E-state index in [0.29, 0.717) is 5.92 Å². The first-order chi connectivity index (χ1) is 13.3. The summed E-state index contributed by atoms with van der Waals surface area (Å²) >= 11 is 0. The lowest BCUT2D eigenvalue weighted by Crippen LogP contribution is -2.41. The molecule has 1 atom stereocenters. The number of nitrogens with one attached hydrogen (secondary N) is 1. The van der Waals surface area contributed by atoms with Gasteiger partial charge in [-0.25, -0.2) is 4.98 Å². The van der Waals surface area contributed by atoms with Gasteiger partial charge in [-0.2, -0.15) is 0 Å². The van der Waals surface area contributed by atoms with Gasteiger partial charge in [-0.3, -0.25) is 4.99 Å². The maximum absolute atomic E-state index is 4.66. The Labute approximate surface area is 183 Å². The molecule has 1 N–H and O–H groups in total. The van der Waals surface area contributed by atoms with Crippen LogP contribution >= 0.6 is 24.0 Å². The van der Waals surface area contributed by atoms with E-state index in [9.17, 15) is 0 Å². The fourth-order valence-electron chi connectivity index (χ4n) is 3.88. The monoisotopic (exact) mass is 489 g/mol. The van der Waals surface area contributed by atoms with Crippen LogP contribution in [0, 0.1) is 5.92 Å². The lowest BCUT2D eigenvalue weighted by molar-refractivity contribution is 0.460. The second-order valence-corrected chi connectivity index (χ2v) is 7.21. The molecule has 1 unspecified atom stereocenters. The SMILES string of the molecule is CN=C(NCCc1cn2ccccc2n1)N1CCC(Cc2ccccc2)C1.I. The Morgan fingerprint density at radius 3 is 2.79 bits per heavy atom. The van der Waals surface area contributed by atoms with Gasteiger partial charge < -0.3 is 14.6 Å². The molecule has 28 heavy (non-hydrogen) atoms. The average Bonchev–Trinajstić information content (AvgIpc) is 3.32. The van der Waals surface area contributed by atoms with Crippen LogP contribution in [0.5, 0.6) is 0 Å². The zero-order chi connectivity index (χ0) is 18.5. The highest BCUT2D eigenvalue weighted by Gasteiger charge is 2.24. The molecule has 6 heteroatoms. The Hall–Kier alpha value is -2.09. The standard InChI is InChI=1S/C22H27N5.HI/c1-23-22(24-12-10-20-17-26-13-6-5-9-21(26)25-20)27-14-11-19(16-27)15-18-7-3-2-4-8-18;/h2-9,13,17,19H,10-12,14-16H2,1H3,(H,23,24);1H. The highest BCUT2D eigenvalue weighted by molar-refractivity contribution is 14.0. The molecular formula is C22H28IN5. The molecule has 1 aliphatic heterocycles. The Morgan fingerprint density at radius 1 is 1.18 bits per heavy atom. The van der Waals surface area contributed by atoms with Crippen LogP contribution in [0.25, 0.3) is 5.65 Å². The second kappa shape index (κ2) is 9.91. The number of pyridine rings is 1. The summed E-state index contributed by atoms with van der Waals surface area (Å²) in [5, 5.41) is 3.52. The minimum Gasteiger partial charge on any atom is -0.356 e. The quantitative estimate of drug-likeness (QED) is 0.338. The zero-order valence-corrected chi connectivity index (χ0v) is 18.6. The van der Waals surface area contributed by atoms with Gasteiger partial charge in [0.05, 0.1) is 5.69 Å².